The van der Waals surface area contributed by atoms with Crippen LogP contribution in [0.1, 0.15) is 18.0 Å². The molecule has 9 nitrogen and oxygen atoms in total. The fourth-order valence-corrected chi connectivity index (χ4v) is 3.60. The maximum Gasteiger partial charge on any atom is 0.309 e. The van der Waals surface area contributed by atoms with Gasteiger partial charge in [-0.15, -0.1) is 0 Å². The van der Waals surface area contributed by atoms with Crippen molar-refractivity contribution in [1.82, 2.24) is 25.4 Å². The van der Waals surface area contributed by atoms with Crippen LogP contribution in [0.2, 0.25) is 0 Å². The van der Waals surface area contributed by atoms with Crippen molar-refractivity contribution < 1.29 is 19.1 Å². The lowest BCUT2D eigenvalue weighted by Crippen LogP contribution is -2.47. The van der Waals surface area contributed by atoms with Gasteiger partial charge in [-0.2, -0.15) is 0 Å². The van der Waals surface area contributed by atoms with Crippen molar-refractivity contribution in [2.45, 2.75) is 12.5 Å². The van der Waals surface area contributed by atoms with Crippen LogP contribution in [0.25, 0.3) is 0 Å². The summed E-state index contributed by atoms with van der Waals surface area (Å²) in [6.07, 6.45) is 4.34. The van der Waals surface area contributed by atoms with Gasteiger partial charge in [-0.1, -0.05) is 6.07 Å². The lowest BCUT2D eigenvalue weighted by atomic mass is 10.1. The number of nitrogens with one attached hydrogen (secondary N) is 2. The van der Waals surface area contributed by atoms with Gasteiger partial charge in [0.1, 0.15) is 0 Å². The maximum absolute atomic E-state index is 12.2. The Kier molecular flexibility index (Phi) is 8.82. The van der Waals surface area contributed by atoms with Gasteiger partial charge in [-0.3, -0.25) is 24.4 Å². The Labute approximate surface area is 171 Å². The van der Waals surface area contributed by atoms with Crippen molar-refractivity contribution in [3.8, 4) is 0 Å². The molecule has 2 saturated heterocycles. The molecular formula is C20H31N5O4. The largest absolute Gasteiger partial charge is 0.379 e. The summed E-state index contributed by atoms with van der Waals surface area (Å²) < 4.78 is 10.7. The van der Waals surface area contributed by atoms with Gasteiger partial charge >= 0.3 is 11.8 Å². The molecule has 1 aromatic rings. The van der Waals surface area contributed by atoms with Gasteiger partial charge in [0.15, 0.2) is 0 Å². The summed E-state index contributed by atoms with van der Waals surface area (Å²) in [6.45, 7) is 7.98. The number of pyridine rings is 1. The van der Waals surface area contributed by atoms with E-state index in [1.165, 1.54) is 0 Å². The van der Waals surface area contributed by atoms with Gasteiger partial charge in [0.05, 0.1) is 32.5 Å². The fraction of sp³-hybridized carbons (Fsp3) is 0.650. The van der Waals surface area contributed by atoms with E-state index in [0.29, 0.717) is 26.3 Å². The quantitative estimate of drug-likeness (QED) is 0.441. The number of rotatable bonds is 8. The van der Waals surface area contributed by atoms with Crippen molar-refractivity contribution in [3.63, 3.8) is 0 Å². The highest BCUT2D eigenvalue weighted by Crippen LogP contribution is 2.20. The van der Waals surface area contributed by atoms with Crippen LogP contribution >= 0.6 is 0 Å². The number of morpholine rings is 2. The molecule has 3 heterocycles. The number of carbonyl (C=O) groups excluding carboxylic acids is 2. The first-order chi connectivity index (χ1) is 14.2. The van der Waals surface area contributed by atoms with E-state index in [1.54, 1.807) is 12.4 Å². The molecule has 0 aromatic carbocycles. The SMILES string of the molecule is O=C(NCCCN1CCOCC1)C(=O)NC[C@H](c1cccnc1)N1CCOCC1. The monoisotopic (exact) mass is 405 g/mol. The van der Waals surface area contributed by atoms with Crippen LogP contribution < -0.4 is 10.6 Å². The third-order valence-corrected chi connectivity index (χ3v) is 5.26. The van der Waals surface area contributed by atoms with E-state index in [2.05, 4.69) is 25.4 Å². The Balaban J connectivity index is 1.42. The van der Waals surface area contributed by atoms with E-state index in [-0.39, 0.29) is 6.04 Å². The Hall–Kier alpha value is -2.07. The van der Waals surface area contributed by atoms with Crippen molar-refractivity contribution in [1.29, 1.82) is 0 Å². The van der Waals surface area contributed by atoms with Gasteiger partial charge in [0.2, 0.25) is 0 Å². The van der Waals surface area contributed by atoms with Crippen LogP contribution in [0.4, 0.5) is 0 Å². The number of carbonyl (C=O) groups is 2. The van der Waals surface area contributed by atoms with Crippen LogP contribution in [0, 0.1) is 0 Å². The van der Waals surface area contributed by atoms with E-state index in [0.717, 1.165) is 57.9 Å². The number of hydrogen-bond acceptors (Lipinski definition) is 7. The zero-order valence-corrected chi connectivity index (χ0v) is 16.8. The Bertz CT molecular complexity index is 633. The second-order valence-corrected chi connectivity index (χ2v) is 7.22. The lowest BCUT2D eigenvalue weighted by Gasteiger charge is -2.34. The molecule has 2 fully saturated rings. The predicted octanol–water partition coefficient (Wildman–Crippen LogP) is -0.590. The molecule has 0 bridgehead atoms. The van der Waals surface area contributed by atoms with E-state index in [1.807, 2.05) is 12.1 Å². The molecule has 0 saturated carbocycles. The summed E-state index contributed by atoms with van der Waals surface area (Å²) in [6, 6.07) is 3.84. The maximum atomic E-state index is 12.2. The standard InChI is InChI=1S/C20H31N5O4/c26-19(22-5-2-6-24-7-11-28-12-8-24)20(27)23-16-18(17-3-1-4-21-15-17)25-9-13-29-14-10-25/h1,3-4,15,18H,2,5-14,16H2,(H,22,26)(H,23,27)/t18-/m1/s1. The van der Waals surface area contributed by atoms with Crippen LogP contribution in [-0.2, 0) is 19.1 Å². The van der Waals surface area contributed by atoms with Crippen molar-refractivity contribution in [2.75, 3.05) is 72.2 Å². The Morgan fingerprint density at radius 2 is 1.72 bits per heavy atom. The average molecular weight is 405 g/mol. The summed E-state index contributed by atoms with van der Waals surface area (Å²) in [7, 11) is 0. The second-order valence-electron chi connectivity index (χ2n) is 7.22. The summed E-state index contributed by atoms with van der Waals surface area (Å²) in [5.74, 6) is -1.18. The van der Waals surface area contributed by atoms with Gasteiger partial charge < -0.3 is 20.1 Å². The lowest BCUT2D eigenvalue weighted by molar-refractivity contribution is -0.139. The van der Waals surface area contributed by atoms with Crippen molar-refractivity contribution in [3.05, 3.63) is 30.1 Å². The summed E-state index contributed by atoms with van der Waals surface area (Å²) >= 11 is 0. The smallest absolute Gasteiger partial charge is 0.309 e. The highest BCUT2D eigenvalue weighted by Gasteiger charge is 2.24. The first kappa shape index (κ1) is 21.6. The molecule has 2 amide bonds. The minimum atomic E-state index is -0.599. The molecule has 0 spiro atoms. The average Bonchev–Trinajstić information content (AvgIpc) is 2.79. The van der Waals surface area contributed by atoms with Gasteiger partial charge in [-0.25, -0.2) is 0 Å². The first-order valence-corrected chi connectivity index (χ1v) is 10.3. The summed E-state index contributed by atoms with van der Waals surface area (Å²) in [5.41, 5.74) is 1.01. The molecule has 160 valence electrons. The number of amides is 2. The normalized spacial score (nSPS) is 19.4. The molecule has 29 heavy (non-hydrogen) atoms. The summed E-state index contributed by atoms with van der Waals surface area (Å²) in [4.78, 5) is 33.1. The molecule has 9 heteroatoms. The molecule has 2 N–H and O–H groups in total. The molecule has 1 atom stereocenters. The molecule has 0 aliphatic carbocycles. The van der Waals surface area contributed by atoms with Gasteiger partial charge in [-0.05, 0) is 24.6 Å². The van der Waals surface area contributed by atoms with Crippen LogP contribution in [0.5, 0.6) is 0 Å². The van der Waals surface area contributed by atoms with Crippen LogP contribution in [-0.4, -0.2) is 98.8 Å². The van der Waals surface area contributed by atoms with Gasteiger partial charge in [0, 0.05) is 51.7 Å². The molecular weight excluding hydrogens is 374 g/mol. The van der Waals surface area contributed by atoms with Crippen LogP contribution in [0.3, 0.4) is 0 Å². The molecule has 0 radical (unpaired) electrons. The van der Waals surface area contributed by atoms with Crippen LogP contribution in [0.15, 0.2) is 24.5 Å². The van der Waals surface area contributed by atoms with Gasteiger partial charge in [0.25, 0.3) is 0 Å². The number of aromatic nitrogens is 1. The number of hydrogen-bond donors (Lipinski definition) is 2. The third-order valence-electron chi connectivity index (χ3n) is 5.26. The van der Waals surface area contributed by atoms with E-state index in [4.69, 9.17) is 9.47 Å². The third kappa shape index (κ3) is 7.04. The predicted molar refractivity (Wildman–Crippen MR) is 107 cm³/mol. The minimum absolute atomic E-state index is 0.0364. The second kappa shape index (κ2) is 11.8. The molecule has 1 aromatic heterocycles. The molecule has 3 rings (SSSR count). The topological polar surface area (TPSA) is 96.0 Å². The van der Waals surface area contributed by atoms with E-state index < -0.39 is 11.8 Å². The first-order valence-electron chi connectivity index (χ1n) is 10.3. The van der Waals surface area contributed by atoms with Crippen molar-refractivity contribution in [2.24, 2.45) is 0 Å². The number of nitrogens with zero attached hydrogens (tertiary/aromatic N) is 3. The molecule has 2 aliphatic heterocycles. The van der Waals surface area contributed by atoms with E-state index in [9.17, 15) is 9.59 Å². The highest BCUT2D eigenvalue weighted by atomic mass is 16.5. The highest BCUT2D eigenvalue weighted by molar-refractivity contribution is 6.35. The van der Waals surface area contributed by atoms with E-state index >= 15 is 0 Å². The Morgan fingerprint density at radius 3 is 2.41 bits per heavy atom. The van der Waals surface area contributed by atoms with Crippen molar-refractivity contribution >= 4 is 11.8 Å². The summed E-state index contributed by atoms with van der Waals surface area (Å²) in [5, 5.41) is 5.49. The molecule has 2 aliphatic rings. The molecule has 0 unspecified atom stereocenters. The zero-order chi connectivity index (χ0) is 20.3. The zero-order valence-electron chi connectivity index (χ0n) is 16.8. The minimum Gasteiger partial charge on any atom is -0.379 e. The fourth-order valence-electron chi connectivity index (χ4n) is 3.60. The Morgan fingerprint density at radius 1 is 1.03 bits per heavy atom. The number of ether oxygens (including phenoxy) is 2.